The lowest BCUT2D eigenvalue weighted by Crippen LogP contribution is -2.17. The molecule has 1 unspecified atom stereocenters. The van der Waals surface area contributed by atoms with E-state index in [1.165, 1.54) is 0 Å². The molecule has 2 rings (SSSR count). The maximum atomic E-state index is 5.28. The lowest BCUT2D eigenvalue weighted by Gasteiger charge is -2.10. The van der Waals surface area contributed by atoms with Crippen molar-refractivity contribution in [2.45, 2.75) is 12.5 Å². The van der Waals surface area contributed by atoms with Crippen LogP contribution in [0.25, 0.3) is 0 Å². The van der Waals surface area contributed by atoms with Crippen molar-refractivity contribution >= 4 is 6.21 Å². The molecule has 0 N–H and O–H groups in total. The maximum absolute atomic E-state index is 5.28. The standard InChI is InChI=1S/C12H16N2O/c1-15-12-7-8-14(10-12)13-9-11-5-3-2-4-6-11/h2-6,9,12H,7-8,10H2,1H3/b13-9+. The Labute approximate surface area is 90.4 Å². The zero-order valence-electron chi connectivity index (χ0n) is 8.97. The Morgan fingerprint density at radius 3 is 2.87 bits per heavy atom. The van der Waals surface area contributed by atoms with Gasteiger partial charge < -0.3 is 4.74 Å². The summed E-state index contributed by atoms with van der Waals surface area (Å²) in [5.41, 5.74) is 1.14. The van der Waals surface area contributed by atoms with E-state index < -0.39 is 0 Å². The highest BCUT2D eigenvalue weighted by molar-refractivity contribution is 5.79. The Kier molecular flexibility index (Phi) is 3.35. The molecule has 1 fully saturated rings. The van der Waals surface area contributed by atoms with E-state index in [0.29, 0.717) is 6.10 Å². The van der Waals surface area contributed by atoms with Crippen molar-refractivity contribution in [3.05, 3.63) is 35.9 Å². The number of ether oxygens (including phenoxy) is 1. The highest BCUT2D eigenvalue weighted by Gasteiger charge is 2.19. The van der Waals surface area contributed by atoms with Crippen LogP contribution >= 0.6 is 0 Å². The van der Waals surface area contributed by atoms with E-state index in [0.717, 1.165) is 25.1 Å². The van der Waals surface area contributed by atoms with Crippen LogP contribution in [0.3, 0.4) is 0 Å². The number of methoxy groups -OCH3 is 1. The van der Waals surface area contributed by atoms with E-state index in [-0.39, 0.29) is 0 Å². The summed E-state index contributed by atoms with van der Waals surface area (Å²) >= 11 is 0. The van der Waals surface area contributed by atoms with Crippen molar-refractivity contribution < 1.29 is 4.74 Å². The van der Waals surface area contributed by atoms with Crippen LogP contribution in [0.2, 0.25) is 0 Å². The predicted molar refractivity (Wildman–Crippen MR) is 61.0 cm³/mol. The zero-order valence-corrected chi connectivity index (χ0v) is 8.97. The number of benzene rings is 1. The van der Waals surface area contributed by atoms with Crippen molar-refractivity contribution in [1.82, 2.24) is 5.01 Å². The average Bonchev–Trinajstić information content (AvgIpc) is 2.76. The van der Waals surface area contributed by atoms with Crippen LogP contribution in [-0.2, 0) is 4.74 Å². The first-order valence-corrected chi connectivity index (χ1v) is 5.25. The normalized spacial score (nSPS) is 21.4. The van der Waals surface area contributed by atoms with Crippen molar-refractivity contribution in [2.75, 3.05) is 20.2 Å². The topological polar surface area (TPSA) is 24.8 Å². The first-order valence-electron chi connectivity index (χ1n) is 5.25. The zero-order chi connectivity index (χ0) is 10.5. The van der Waals surface area contributed by atoms with E-state index in [1.54, 1.807) is 7.11 Å². The van der Waals surface area contributed by atoms with E-state index in [1.807, 2.05) is 36.5 Å². The Morgan fingerprint density at radius 2 is 2.20 bits per heavy atom. The van der Waals surface area contributed by atoms with Crippen LogP contribution in [0.4, 0.5) is 0 Å². The smallest absolute Gasteiger partial charge is 0.0780 e. The Balaban J connectivity index is 1.90. The fraction of sp³-hybridized carbons (Fsp3) is 0.417. The summed E-state index contributed by atoms with van der Waals surface area (Å²) in [6, 6.07) is 10.1. The van der Waals surface area contributed by atoms with Gasteiger partial charge in [0.2, 0.25) is 0 Å². The average molecular weight is 204 g/mol. The van der Waals surface area contributed by atoms with Gasteiger partial charge in [0, 0.05) is 13.7 Å². The van der Waals surface area contributed by atoms with Gasteiger partial charge in [0.05, 0.1) is 18.9 Å². The van der Waals surface area contributed by atoms with Crippen LogP contribution in [0.1, 0.15) is 12.0 Å². The molecule has 1 aliphatic heterocycles. The van der Waals surface area contributed by atoms with Crippen molar-refractivity contribution in [3.8, 4) is 0 Å². The molecule has 3 nitrogen and oxygen atoms in total. The van der Waals surface area contributed by atoms with Gasteiger partial charge in [0.1, 0.15) is 0 Å². The van der Waals surface area contributed by atoms with Gasteiger partial charge in [0.15, 0.2) is 0 Å². The largest absolute Gasteiger partial charge is 0.379 e. The number of hydrogen-bond acceptors (Lipinski definition) is 3. The second-order valence-corrected chi connectivity index (χ2v) is 3.71. The summed E-state index contributed by atoms with van der Waals surface area (Å²) in [6.45, 7) is 1.89. The van der Waals surface area contributed by atoms with Gasteiger partial charge in [-0.05, 0) is 12.0 Å². The monoisotopic (exact) mass is 204 g/mol. The van der Waals surface area contributed by atoms with Gasteiger partial charge in [-0.15, -0.1) is 0 Å². The van der Waals surface area contributed by atoms with Gasteiger partial charge in [-0.25, -0.2) is 0 Å². The Morgan fingerprint density at radius 1 is 1.40 bits per heavy atom. The van der Waals surface area contributed by atoms with Crippen LogP contribution in [0.5, 0.6) is 0 Å². The van der Waals surface area contributed by atoms with Gasteiger partial charge in [0.25, 0.3) is 0 Å². The van der Waals surface area contributed by atoms with E-state index in [4.69, 9.17) is 4.74 Å². The summed E-state index contributed by atoms with van der Waals surface area (Å²) in [4.78, 5) is 0. The van der Waals surface area contributed by atoms with Gasteiger partial charge in [-0.1, -0.05) is 30.3 Å². The summed E-state index contributed by atoms with van der Waals surface area (Å²) in [6.07, 6.45) is 3.32. The molecule has 0 bridgehead atoms. The third-order valence-electron chi connectivity index (χ3n) is 2.63. The molecule has 1 atom stereocenters. The van der Waals surface area contributed by atoms with Crippen LogP contribution in [0.15, 0.2) is 35.4 Å². The second-order valence-electron chi connectivity index (χ2n) is 3.71. The molecule has 1 aromatic carbocycles. The number of hydrogen-bond donors (Lipinski definition) is 0. The van der Waals surface area contributed by atoms with E-state index in [2.05, 4.69) is 10.1 Å². The van der Waals surface area contributed by atoms with Crippen LogP contribution in [0, 0.1) is 0 Å². The molecule has 1 saturated heterocycles. The molecule has 1 aromatic rings. The molecule has 1 aliphatic rings. The fourth-order valence-corrected chi connectivity index (χ4v) is 1.70. The van der Waals surface area contributed by atoms with Crippen molar-refractivity contribution in [2.24, 2.45) is 5.10 Å². The molecule has 0 radical (unpaired) electrons. The first-order chi connectivity index (χ1) is 7.38. The van der Waals surface area contributed by atoms with Gasteiger partial charge in [-0.3, -0.25) is 5.01 Å². The van der Waals surface area contributed by atoms with Gasteiger partial charge >= 0.3 is 0 Å². The third-order valence-corrected chi connectivity index (χ3v) is 2.63. The molecule has 1 heterocycles. The molecule has 0 spiro atoms. The molecular formula is C12H16N2O. The maximum Gasteiger partial charge on any atom is 0.0780 e. The summed E-state index contributed by atoms with van der Waals surface area (Å²) in [5.74, 6) is 0. The Bertz CT molecular complexity index is 324. The summed E-state index contributed by atoms with van der Waals surface area (Å²) in [5, 5.41) is 6.48. The van der Waals surface area contributed by atoms with Crippen LogP contribution in [-0.4, -0.2) is 37.5 Å². The first kappa shape index (κ1) is 10.2. The number of hydrazone groups is 1. The quantitative estimate of drug-likeness (QED) is 0.701. The second kappa shape index (κ2) is 4.94. The van der Waals surface area contributed by atoms with Crippen molar-refractivity contribution in [1.29, 1.82) is 0 Å². The molecule has 0 aliphatic carbocycles. The molecule has 0 aromatic heterocycles. The lowest BCUT2D eigenvalue weighted by molar-refractivity contribution is 0.109. The highest BCUT2D eigenvalue weighted by atomic mass is 16.5. The molecule has 80 valence electrons. The molecule has 3 heteroatoms. The highest BCUT2D eigenvalue weighted by Crippen LogP contribution is 2.11. The minimum Gasteiger partial charge on any atom is -0.379 e. The fourth-order valence-electron chi connectivity index (χ4n) is 1.70. The van der Waals surface area contributed by atoms with E-state index >= 15 is 0 Å². The molecule has 15 heavy (non-hydrogen) atoms. The van der Waals surface area contributed by atoms with Gasteiger partial charge in [-0.2, -0.15) is 5.10 Å². The summed E-state index contributed by atoms with van der Waals surface area (Å²) in [7, 11) is 1.76. The predicted octanol–water partition coefficient (Wildman–Crippen LogP) is 1.74. The molecule has 0 amide bonds. The number of rotatable bonds is 3. The molecular weight excluding hydrogens is 188 g/mol. The van der Waals surface area contributed by atoms with Crippen molar-refractivity contribution in [3.63, 3.8) is 0 Å². The van der Waals surface area contributed by atoms with E-state index in [9.17, 15) is 0 Å². The third kappa shape index (κ3) is 2.80. The Hall–Kier alpha value is -1.35. The molecule has 0 saturated carbocycles. The minimum atomic E-state index is 0.345. The minimum absolute atomic E-state index is 0.345. The van der Waals surface area contributed by atoms with Crippen LogP contribution < -0.4 is 0 Å². The summed E-state index contributed by atoms with van der Waals surface area (Å²) < 4.78 is 5.28. The SMILES string of the molecule is COC1CCN(/N=C/c2ccccc2)C1. The lowest BCUT2D eigenvalue weighted by atomic mass is 10.2. The number of nitrogens with zero attached hydrogens (tertiary/aromatic N) is 2.